The van der Waals surface area contributed by atoms with Crippen LogP contribution in [0.25, 0.3) is 0 Å². The van der Waals surface area contributed by atoms with E-state index < -0.39 is 0 Å². The van der Waals surface area contributed by atoms with E-state index in [1.807, 2.05) is 24.3 Å². The molecule has 0 bridgehead atoms. The molecule has 2 aromatic rings. The Morgan fingerprint density at radius 3 is 2.64 bits per heavy atom. The summed E-state index contributed by atoms with van der Waals surface area (Å²) in [5, 5.41) is 3.68. The molecule has 1 saturated heterocycles. The summed E-state index contributed by atoms with van der Waals surface area (Å²) < 4.78 is 13.7. The van der Waals surface area contributed by atoms with Gasteiger partial charge in [0.05, 0.1) is 11.6 Å². The van der Waals surface area contributed by atoms with Crippen LogP contribution >= 0.6 is 27.5 Å². The smallest absolute Gasteiger partial charge is 0.252 e. The summed E-state index contributed by atoms with van der Waals surface area (Å²) in [6.45, 7) is 2.43. The summed E-state index contributed by atoms with van der Waals surface area (Å²) in [5.74, 6) is -0.613. The third-order valence-corrected chi connectivity index (χ3v) is 5.48. The Bertz CT molecular complexity index is 765. The molecule has 0 saturated carbocycles. The highest BCUT2D eigenvalue weighted by atomic mass is 79.9. The fourth-order valence-corrected chi connectivity index (χ4v) is 3.99. The number of carbonyl (C=O) groups excluding carboxylic acids is 1. The van der Waals surface area contributed by atoms with Crippen LogP contribution in [0.1, 0.15) is 34.8 Å². The second-order valence-corrected chi connectivity index (χ2v) is 7.38. The van der Waals surface area contributed by atoms with Crippen LogP contribution in [0.4, 0.5) is 4.39 Å². The minimum atomic E-state index is -0.380. The van der Waals surface area contributed by atoms with E-state index in [0.717, 1.165) is 31.5 Å². The van der Waals surface area contributed by atoms with Gasteiger partial charge in [-0.1, -0.05) is 29.8 Å². The van der Waals surface area contributed by atoms with Gasteiger partial charge in [-0.15, -0.1) is 0 Å². The molecule has 0 unspecified atom stereocenters. The molecule has 1 aliphatic heterocycles. The molecule has 1 atom stereocenters. The molecule has 3 nitrogen and oxygen atoms in total. The Kier molecular flexibility index (Phi) is 6.10. The van der Waals surface area contributed by atoms with Crippen LogP contribution in [0.3, 0.4) is 0 Å². The van der Waals surface area contributed by atoms with Gasteiger partial charge in [-0.3, -0.25) is 9.69 Å². The molecular weight excluding hydrogens is 407 g/mol. The van der Waals surface area contributed by atoms with E-state index in [2.05, 4.69) is 26.1 Å². The Balaban J connectivity index is 1.76. The van der Waals surface area contributed by atoms with E-state index in [1.54, 1.807) is 0 Å². The summed E-state index contributed by atoms with van der Waals surface area (Å²) in [5.41, 5.74) is 1.44. The van der Waals surface area contributed by atoms with Crippen LogP contribution in [0.2, 0.25) is 5.02 Å². The SMILES string of the molecule is O=C(NC[C@@H](c1ccccc1Cl)N1CCCC1)c1ccc(F)cc1Br. The molecule has 0 aliphatic carbocycles. The van der Waals surface area contributed by atoms with Crippen molar-refractivity contribution in [2.75, 3.05) is 19.6 Å². The number of hydrogen-bond acceptors (Lipinski definition) is 2. The largest absolute Gasteiger partial charge is 0.350 e. The number of nitrogens with one attached hydrogen (secondary N) is 1. The first-order valence-electron chi connectivity index (χ1n) is 8.28. The van der Waals surface area contributed by atoms with Gasteiger partial charge in [-0.05, 0) is 71.7 Å². The number of amides is 1. The zero-order valence-corrected chi connectivity index (χ0v) is 16.0. The fraction of sp³-hybridized carbons (Fsp3) is 0.316. The van der Waals surface area contributed by atoms with Gasteiger partial charge in [0, 0.05) is 16.0 Å². The maximum absolute atomic E-state index is 13.2. The van der Waals surface area contributed by atoms with Crippen LogP contribution in [-0.2, 0) is 0 Å². The lowest BCUT2D eigenvalue weighted by Crippen LogP contribution is -2.37. The normalized spacial score (nSPS) is 16.0. The van der Waals surface area contributed by atoms with E-state index in [-0.39, 0.29) is 17.8 Å². The molecule has 3 rings (SSSR count). The molecule has 2 aromatic carbocycles. The minimum Gasteiger partial charge on any atom is -0.350 e. The van der Waals surface area contributed by atoms with Crippen molar-refractivity contribution >= 4 is 33.4 Å². The molecule has 6 heteroatoms. The third-order valence-electron chi connectivity index (χ3n) is 4.48. The maximum Gasteiger partial charge on any atom is 0.252 e. The minimum absolute atomic E-state index is 0.0272. The number of rotatable bonds is 5. The van der Waals surface area contributed by atoms with Gasteiger partial charge in [-0.2, -0.15) is 0 Å². The van der Waals surface area contributed by atoms with Crippen molar-refractivity contribution in [2.45, 2.75) is 18.9 Å². The van der Waals surface area contributed by atoms with E-state index in [9.17, 15) is 9.18 Å². The zero-order chi connectivity index (χ0) is 17.8. The summed E-state index contributed by atoms with van der Waals surface area (Å²) in [6, 6.07) is 11.8. The average Bonchev–Trinajstić information content (AvgIpc) is 3.10. The number of hydrogen-bond donors (Lipinski definition) is 1. The molecule has 1 heterocycles. The van der Waals surface area contributed by atoms with Gasteiger partial charge in [0.2, 0.25) is 0 Å². The summed E-state index contributed by atoms with van der Waals surface area (Å²) in [4.78, 5) is 14.8. The Morgan fingerprint density at radius 2 is 1.96 bits per heavy atom. The highest BCUT2D eigenvalue weighted by Gasteiger charge is 2.25. The monoisotopic (exact) mass is 424 g/mol. The fourth-order valence-electron chi connectivity index (χ4n) is 3.19. The van der Waals surface area contributed by atoms with E-state index in [1.165, 1.54) is 18.2 Å². The number of benzene rings is 2. The van der Waals surface area contributed by atoms with Gasteiger partial charge >= 0.3 is 0 Å². The van der Waals surface area contributed by atoms with Crippen molar-refractivity contribution in [1.82, 2.24) is 10.2 Å². The first-order valence-corrected chi connectivity index (χ1v) is 9.45. The molecule has 25 heavy (non-hydrogen) atoms. The Hall–Kier alpha value is -1.43. The highest BCUT2D eigenvalue weighted by molar-refractivity contribution is 9.10. The lowest BCUT2D eigenvalue weighted by atomic mass is 10.0. The van der Waals surface area contributed by atoms with Gasteiger partial charge in [0.15, 0.2) is 0 Å². The van der Waals surface area contributed by atoms with Crippen molar-refractivity contribution in [3.63, 3.8) is 0 Å². The third kappa shape index (κ3) is 4.40. The Morgan fingerprint density at radius 1 is 1.24 bits per heavy atom. The van der Waals surface area contributed by atoms with Crippen molar-refractivity contribution in [2.24, 2.45) is 0 Å². The predicted molar refractivity (Wildman–Crippen MR) is 101 cm³/mol. The number of likely N-dealkylation sites (tertiary alicyclic amines) is 1. The molecule has 1 aliphatic rings. The second-order valence-electron chi connectivity index (χ2n) is 6.11. The van der Waals surface area contributed by atoms with Crippen LogP contribution in [0, 0.1) is 5.82 Å². The van der Waals surface area contributed by atoms with Crippen LogP contribution in [-0.4, -0.2) is 30.4 Å². The van der Waals surface area contributed by atoms with Gasteiger partial charge in [0.1, 0.15) is 5.82 Å². The van der Waals surface area contributed by atoms with Crippen molar-refractivity contribution in [1.29, 1.82) is 0 Å². The van der Waals surface area contributed by atoms with E-state index in [0.29, 0.717) is 21.6 Å². The lowest BCUT2D eigenvalue weighted by molar-refractivity contribution is 0.0937. The van der Waals surface area contributed by atoms with Crippen molar-refractivity contribution < 1.29 is 9.18 Å². The van der Waals surface area contributed by atoms with Crippen LogP contribution in [0.15, 0.2) is 46.9 Å². The van der Waals surface area contributed by atoms with Crippen LogP contribution < -0.4 is 5.32 Å². The first kappa shape index (κ1) is 18.4. The lowest BCUT2D eigenvalue weighted by Gasteiger charge is -2.29. The van der Waals surface area contributed by atoms with Crippen LogP contribution in [0.5, 0.6) is 0 Å². The number of halogens is 3. The Labute approximate surface area is 160 Å². The predicted octanol–water partition coefficient (Wildman–Crippen LogP) is 4.81. The summed E-state index contributed by atoms with van der Waals surface area (Å²) in [7, 11) is 0. The molecule has 0 aromatic heterocycles. The second kappa shape index (κ2) is 8.30. The van der Waals surface area contributed by atoms with Gasteiger partial charge in [0.25, 0.3) is 5.91 Å². The number of carbonyl (C=O) groups is 1. The quantitative estimate of drug-likeness (QED) is 0.746. The van der Waals surface area contributed by atoms with E-state index in [4.69, 9.17) is 11.6 Å². The molecule has 0 radical (unpaired) electrons. The molecule has 1 fully saturated rings. The molecule has 0 spiro atoms. The van der Waals surface area contributed by atoms with E-state index >= 15 is 0 Å². The average molecular weight is 426 g/mol. The van der Waals surface area contributed by atoms with Crippen molar-refractivity contribution in [3.8, 4) is 0 Å². The topological polar surface area (TPSA) is 32.3 Å². The molecule has 1 amide bonds. The molecule has 1 N–H and O–H groups in total. The summed E-state index contributed by atoms with van der Waals surface area (Å²) in [6.07, 6.45) is 2.30. The highest BCUT2D eigenvalue weighted by Crippen LogP contribution is 2.30. The molecular formula is C19H19BrClFN2O. The first-order chi connectivity index (χ1) is 12.1. The zero-order valence-electron chi connectivity index (χ0n) is 13.6. The molecule has 132 valence electrons. The van der Waals surface area contributed by atoms with Gasteiger partial charge in [-0.25, -0.2) is 4.39 Å². The maximum atomic E-state index is 13.2. The number of nitrogens with zero attached hydrogens (tertiary/aromatic N) is 1. The van der Waals surface area contributed by atoms with Crippen molar-refractivity contribution in [3.05, 3.63) is 68.9 Å². The standard InChI is InChI=1S/C19H19BrClFN2O/c20-16-11-13(22)7-8-14(16)19(25)23-12-18(24-9-3-4-10-24)15-5-1-2-6-17(15)21/h1-2,5-8,11,18H,3-4,9-10,12H2,(H,23,25)/t18-/m0/s1. The summed E-state index contributed by atoms with van der Waals surface area (Å²) >= 11 is 9.63. The van der Waals surface area contributed by atoms with Gasteiger partial charge < -0.3 is 5.32 Å².